The van der Waals surface area contributed by atoms with Crippen molar-refractivity contribution in [3.8, 4) is 16.3 Å². The fourth-order valence-electron chi connectivity index (χ4n) is 1.81. The van der Waals surface area contributed by atoms with Crippen LogP contribution in [0.1, 0.15) is 12.7 Å². The molecule has 0 amide bonds. The van der Waals surface area contributed by atoms with E-state index < -0.39 is 0 Å². The maximum absolute atomic E-state index is 5.25. The van der Waals surface area contributed by atoms with Gasteiger partial charge in [-0.05, 0) is 17.9 Å². The standard InChI is InChI=1S/C13H14N4OS2/c1-3-19-8-11-14-15-13-17(11)16-12(20-13)9-5-4-6-10(7-9)18-2/h4-7H,3,8H2,1-2H3. The maximum atomic E-state index is 5.25. The lowest BCUT2D eigenvalue weighted by molar-refractivity contribution is 0.415. The van der Waals surface area contributed by atoms with E-state index in [0.29, 0.717) is 0 Å². The third kappa shape index (κ3) is 2.51. The van der Waals surface area contributed by atoms with Crippen molar-refractivity contribution in [2.24, 2.45) is 0 Å². The van der Waals surface area contributed by atoms with Crippen LogP contribution in [0.25, 0.3) is 15.5 Å². The number of thioether (sulfide) groups is 1. The molecular weight excluding hydrogens is 292 g/mol. The van der Waals surface area contributed by atoms with Gasteiger partial charge in [-0.25, -0.2) is 0 Å². The predicted octanol–water partition coefficient (Wildman–Crippen LogP) is 3.11. The first-order valence-corrected chi connectivity index (χ1v) is 8.22. The fourth-order valence-corrected chi connectivity index (χ4v) is 3.23. The lowest BCUT2D eigenvalue weighted by Gasteiger charge is -2.00. The first-order valence-electron chi connectivity index (χ1n) is 6.25. The van der Waals surface area contributed by atoms with Gasteiger partial charge in [-0.15, -0.1) is 10.2 Å². The average molecular weight is 306 g/mol. The Morgan fingerprint density at radius 1 is 1.35 bits per heavy atom. The Balaban J connectivity index is 1.97. The molecule has 0 radical (unpaired) electrons. The zero-order chi connectivity index (χ0) is 13.9. The van der Waals surface area contributed by atoms with Crippen LogP contribution < -0.4 is 4.74 Å². The molecule has 0 aliphatic heterocycles. The van der Waals surface area contributed by atoms with Crippen LogP contribution in [0.3, 0.4) is 0 Å². The molecule has 7 heteroatoms. The molecule has 0 fully saturated rings. The van der Waals surface area contributed by atoms with Crippen LogP contribution in [0, 0.1) is 0 Å². The van der Waals surface area contributed by atoms with Gasteiger partial charge in [0.1, 0.15) is 10.8 Å². The van der Waals surface area contributed by atoms with E-state index in [-0.39, 0.29) is 0 Å². The van der Waals surface area contributed by atoms with Gasteiger partial charge in [0, 0.05) is 5.56 Å². The van der Waals surface area contributed by atoms with Crippen LogP contribution in [0.4, 0.5) is 0 Å². The Morgan fingerprint density at radius 3 is 3.05 bits per heavy atom. The molecule has 104 valence electrons. The molecule has 0 aliphatic carbocycles. The molecule has 2 heterocycles. The summed E-state index contributed by atoms with van der Waals surface area (Å²) in [6, 6.07) is 7.89. The summed E-state index contributed by atoms with van der Waals surface area (Å²) in [5.74, 6) is 3.62. The molecule has 0 aliphatic rings. The highest BCUT2D eigenvalue weighted by Gasteiger charge is 2.13. The second-order valence-corrected chi connectivity index (χ2v) is 6.32. The lowest BCUT2D eigenvalue weighted by Crippen LogP contribution is -1.94. The summed E-state index contributed by atoms with van der Waals surface area (Å²) in [5.41, 5.74) is 1.04. The van der Waals surface area contributed by atoms with Crippen molar-refractivity contribution in [1.82, 2.24) is 19.8 Å². The minimum Gasteiger partial charge on any atom is -0.497 e. The van der Waals surface area contributed by atoms with Crippen molar-refractivity contribution in [2.45, 2.75) is 12.7 Å². The summed E-state index contributed by atoms with van der Waals surface area (Å²) in [7, 11) is 1.66. The van der Waals surface area contributed by atoms with E-state index in [1.165, 1.54) is 11.3 Å². The Hall–Kier alpha value is -1.60. The van der Waals surface area contributed by atoms with Gasteiger partial charge in [-0.3, -0.25) is 0 Å². The number of methoxy groups -OCH3 is 1. The van der Waals surface area contributed by atoms with Gasteiger partial charge in [0.25, 0.3) is 0 Å². The van der Waals surface area contributed by atoms with Crippen LogP contribution >= 0.6 is 23.1 Å². The van der Waals surface area contributed by atoms with Crippen molar-refractivity contribution in [3.63, 3.8) is 0 Å². The lowest BCUT2D eigenvalue weighted by atomic mass is 10.2. The third-order valence-electron chi connectivity index (χ3n) is 2.81. The van der Waals surface area contributed by atoms with E-state index in [2.05, 4.69) is 22.2 Å². The summed E-state index contributed by atoms with van der Waals surface area (Å²) in [5, 5.41) is 13.9. The average Bonchev–Trinajstić information content (AvgIpc) is 3.06. The molecule has 0 atom stereocenters. The van der Waals surface area contributed by atoms with Crippen molar-refractivity contribution >= 4 is 28.1 Å². The summed E-state index contributed by atoms with van der Waals surface area (Å²) < 4.78 is 7.08. The fraction of sp³-hybridized carbons (Fsp3) is 0.308. The van der Waals surface area contributed by atoms with Crippen molar-refractivity contribution < 1.29 is 4.74 Å². The van der Waals surface area contributed by atoms with E-state index in [0.717, 1.165) is 38.6 Å². The van der Waals surface area contributed by atoms with E-state index >= 15 is 0 Å². The monoisotopic (exact) mass is 306 g/mol. The second kappa shape index (κ2) is 5.80. The third-order valence-corrected chi connectivity index (χ3v) is 4.63. The van der Waals surface area contributed by atoms with Crippen LogP contribution in [0.15, 0.2) is 24.3 Å². The van der Waals surface area contributed by atoms with Gasteiger partial charge in [0.15, 0.2) is 5.82 Å². The smallest absolute Gasteiger partial charge is 0.235 e. The molecule has 3 aromatic rings. The van der Waals surface area contributed by atoms with Crippen molar-refractivity contribution in [2.75, 3.05) is 12.9 Å². The highest BCUT2D eigenvalue weighted by molar-refractivity contribution is 7.98. The highest BCUT2D eigenvalue weighted by Crippen LogP contribution is 2.28. The molecule has 0 spiro atoms. The van der Waals surface area contributed by atoms with E-state index in [1.807, 2.05) is 40.5 Å². The number of rotatable bonds is 5. The SMILES string of the molecule is CCSCc1nnc2sc(-c3cccc(OC)c3)nn12. The molecule has 0 N–H and O–H groups in total. The first kappa shape index (κ1) is 13.4. The molecule has 3 rings (SSSR count). The van der Waals surface area contributed by atoms with Crippen molar-refractivity contribution in [1.29, 1.82) is 0 Å². The summed E-state index contributed by atoms with van der Waals surface area (Å²) in [6.45, 7) is 2.13. The first-order chi connectivity index (χ1) is 9.81. The number of fused-ring (bicyclic) bond motifs is 1. The van der Waals surface area contributed by atoms with E-state index in [1.54, 1.807) is 7.11 Å². The molecule has 1 aromatic carbocycles. The van der Waals surface area contributed by atoms with Crippen molar-refractivity contribution in [3.05, 3.63) is 30.1 Å². The van der Waals surface area contributed by atoms with Gasteiger partial charge in [-0.2, -0.15) is 21.4 Å². The molecule has 2 aromatic heterocycles. The molecule has 0 saturated carbocycles. The van der Waals surface area contributed by atoms with Gasteiger partial charge >= 0.3 is 0 Å². The molecule has 20 heavy (non-hydrogen) atoms. The van der Waals surface area contributed by atoms with Gasteiger partial charge < -0.3 is 4.74 Å². The van der Waals surface area contributed by atoms with Crippen LogP contribution in [0.2, 0.25) is 0 Å². The Kier molecular flexibility index (Phi) is 3.88. The Morgan fingerprint density at radius 2 is 2.25 bits per heavy atom. The number of hydrogen-bond acceptors (Lipinski definition) is 6. The Labute approximate surface area is 125 Å². The Bertz CT molecular complexity index is 722. The van der Waals surface area contributed by atoms with Crippen LogP contribution in [-0.4, -0.2) is 32.7 Å². The normalized spacial score (nSPS) is 11.1. The predicted molar refractivity (Wildman–Crippen MR) is 82.5 cm³/mol. The number of benzene rings is 1. The summed E-state index contributed by atoms with van der Waals surface area (Å²) in [6.07, 6.45) is 0. The second-order valence-electron chi connectivity index (χ2n) is 4.09. The maximum Gasteiger partial charge on any atom is 0.235 e. The largest absolute Gasteiger partial charge is 0.497 e. The minimum atomic E-state index is 0.828. The quantitative estimate of drug-likeness (QED) is 0.725. The van der Waals surface area contributed by atoms with Crippen LogP contribution in [-0.2, 0) is 5.75 Å². The topological polar surface area (TPSA) is 52.3 Å². The van der Waals surface area contributed by atoms with E-state index in [9.17, 15) is 0 Å². The van der Waals surface area contributed by atoms with E-state index in [4.69, 9.17) is 4.74 Å². The zero-order valence-corrected chi connectivity index (χ0v) is 12.9. The zero-order valence-electron chi connectivity index (χ0n) is 11.2. The summed E-state index contributed by atoms with van der Waals surface area (Å²) >= 11 is 3.35. The molecule has 0 saturated heterocycles. The summed E-state index contributed by atoms with van der Waals surface area (Å²) in [4.78, 5) is 0.828. The highest BCUT2D eigenvalue weighted by atomic mass is 32.2. The number of nitrogens with zero attached hydrogens (tertiary/aromatic N) is 4. The number of aromatic nitrogens is 4. The minimum absolute atomic E-state index is 0.828. The molecule has 0 bridgehead atoms. The van der Waals surface area contributed by atoms with Gasteiger partial charge in [-0.1, -0.05) is 30.4 Å². The number of hydrogen-bond donors (Lipinski definition) is 0. The molecule has 0 unspecified atom stereocenters. The molecule has 5 nitrogen and oxygen atoms in total. The van der Waals surface area contributed by atoms with Crippen LogP contribution in [0.5, 0.6) is 5.75 Å². The van der Waals surface area contributed by atoms with Gasteiger partial charge in [0.05, 0.1) is 12.9 Å². The molecular formula is C13H14N4OS2. The van der Waals surface area contributed by atoms with Gasteiger partial charge in [0.2, 0.25) is 4.96 Å². The number of ether oxygens (including phenoxy) is 1.